The Morgan fingerprint density at radius 3 is 2.95 bits per heavy atom. The first-order valence-electron chi connectivity index (χ1n) is 7.39. The molecule has 114 valence electrons. The van der Waals surface area contributed by atoms with Crippen LogP contribution in [0, 0.1) is 5.92 Å². The van der Waals surface area contributed by atoms with E-state index in [2.05, 4.69) is 36.0 Å². The SMILES string of the molecule is C[C@@H](NNCC1=CC=CC[C@@H]1C)OCc1ccccc1O. The van der Waals surface area contributed by atoms with Crippen LogP contribution in [0.4, 0.5) is 0 Å². The maximum atomic E-state index is 9.67. The number of hydrogen-bond donors (Lipinski definition) is 3. The van der Waals surface area contributed by atoms with Crippen LogP contribution in [0.25, 0.3) is 0 Å². The van der Waals surface area contributed by atoms with Crippen LogP contribution < -0.4 is 10.9 Å². The number of nitrogens with one attached hydrogen (secondary N) is 2. The molecule has 2 atom stereocenters. The Labute approximate surface area is 126 Å². The minimum atomic E-state index is -0.139. The Kier molecular flexibility index (Phi) is 5.99. The number of benzene rings is 1. The molecule has 0 aromatic heterocycles. The van der Waals surface area contributed by atoms with E-state index in [1.54, 1.807) is 12.1 Å². The first kappa shape index (κ1) is 15.8. The topological polar surface area (TPSA) is 53.5 Å². The van der Waals surface area contributed by atoms with Gasteiger partial charge in [0.15, 0.2) is 0 Å². The monoisotopic (exact) mass is 288 g/mol. The molecular weight excluding hydrogens is 264 g/mol. The molecule has 21 heavy (non-hydrogen) atoms. The van der Waals surface area contributed by atoms with Gasteiger partial charge in [0, 0.05) is 12.1 Å². The molecule has 0 heterocycles. The first-order valence-corrected chi connectivity index (χ1v) is 7.39. The van der Waals surface area contributed by atoms with Crippen molar-refractivity contribution in [2.24, 2.45) is 5.92 Å². The molecule has 1 aliphatic carbocycles. The van der Waals surface area contributed by atoms with Crippen molar-refractivity contribution in [1.29, 1.82) is 0 Å². The molecule has 0 bridgehead atoms. The molecule has 3 N–H and O–H groups in total. The molecule has 1 aromatic rings. The van der Waals surface area contributed by atoms with Crippen LogP contribution in [-0.4, -0.2) is 17.9 Å². The third-order valence-electron chi connectivity index (χ3n) is 3.65. The molecule has 1 aromatic carbocycles. The van der Waals surface area contributed by atoms with Crippen LogP contribution in [0.3, 0.4) is 0 Å². The summed E-state index contributed by atoms with van der Waals surface area (Å²) in [6, 6.07) is 7.21. The number of rotatable bonds is 7. The van der Waals surface area contributed by atoms with Gasteiger partial charge in [0.2, 0.25) is 0 Å². The molecule has 0 saturated heterocycles. The van der Waals surface area contributed by atoms with Crippen molar-refractivity contribution < 1.29 is 9.84 Å². The lowest BCUT2D eigenvalue weighted by Gasteiger charge is -2.20. The lowest BCUT2D eigenvalue weighted by molar-refractivity contribution is 0.0202. The van der Waals surface area contributed by atoms with Gasteiger partial charge in [-0.05, 0) is 25.3 Å². The zero-order valence-corrected chi connectivity index (χ0v) is 12.7. The zero-order chi connectivity index (χ0) is 15.1. The van der Waals surface area contributed by atoms with Gasteiger partial charge in [0.1, 0.15) is 12.0 Å². The van der Waals surface area contributed by atoms with Gasteiger partial charge >= 0.3 is 0 Å². The quantitative estimate of drug-likeness (QED) is 0.533. The Morgan fingerprint density at radius 1 is 1.38 bits per heavy atom. The molecule has 0 spiro atoms. The fourth-order valence-corrected chi connectivity index (χ4v) is 2.21. The van der Waals surface area contributed by atoms with E-state index < -0.39 is 0 Å². The summed E-state index contributed by atoms with van der Waals surface area (Å²) < 4.78 is 5.66. The second-order valence-electron chi connectivity index (χ2n) is 5.39. The summed E-state index contributed by atoms with van der Waals surface area (Å²) in [4.78, 5) is 0. The number of phenols is 1. The van der Waals surface area contributed by atoms with E-state index in [0.717, 1.165) is 18.5 Å². The molecule has 2 rings (SSSR count). The Hall–Kier alpha value is -1.62. The van der Waals surface area contributed by atoms with Crippen LogP contribution in [0.15, 0.2) is 48.1 Å². The molecular formula is C17H24N2O2. The number of hydrazine groups is 1. The van der Waals surface area contributed by atoms with E-state index >= 15 is 0 Å². The predicted octanol–water partition coefficient (Wildman–Crippen LogP) is 2.87. The van der Waals surface area contributed by atoms with Gasteiger partial charge in [-0.2, -0.15) is 0 Å². The summed E-state index contributed by atoms with van der Waals surface area (Å²) in [5.74, 6) is 0.854. The summed E-state index contributed by atoms with van der Waals surface area (Å²) in [5, 5.41) is 9.67. The van der Waals surface area contributed by atoms with Crippen LogP contribution in [0.5, 0.6) is 5.75 Å². The summed E-state index contributed by atoms with van der Waals surface area (Å²) >= 11 is 0. The average Bonchev–Trinajstić information content (AvgIpc) is 2.48. The molecule has 0 radical (unpaired) electrons. The van der Waals surface area contributed by atoms with Crippen molar-refractivity contribution in [1.82, 2.24) is 10.9 Å². The largest absolute Gasteiger partial charge is 0.508 e. The van der Waals surface area contributed by atoms with E-state index in [4.69, 9.17) is 4.74 Å². The summed E-state index contributed by atoms with van der Waals surface area (Å²) in [6.07, 6.45) is 7.43. The molecule has 0 amide bonds. The molecule has 4 nitrogen and oxygen atoms in total. The lowest BCUT2D eigenvalue weighted by Crippen LogP contribution is -2.42. The average molecular weight is 288 g/mol. The molecule has 0 unspecified atom stereocenters. The highest BCUT2D eigenvalue weighted by Crippen LogP contribution is 2.18. The second-order valence-corrected chi connectivity index (χ2v) is 5.39. The van der Waals surface area contributed by atoms with Gasteiger partial charge in [0.25, 0.3) is 0 Å². The third-order valence-corrected chi connectivity index (χ3v) is 3.65. The van der Waals surface area contributed by atoms with Crippen LogP contribution in [0.1, 0.15) is 25.8 Å². The fourth-order valence-electron chi connectivity index (χ4n) is 2.21. The highest BCUT2D eigenvalue weighted by molar-refractivity contribution is 5.30. The highest BCUT2D eigenvalue weighted by atomic mass is 16.5. The normalized spacial score (nSPS) is 19.3. The number of phenolic OH excluding ortho intramolecular Hbond substituents is 1. The van der Waals surface area contributed by atoms with Gasteiger partial charge < -0.3 is 9.84 Å². The number of para-hydroxylation sites is 1. The molecule has 0 aliphatic heterocycles. The van der Waals surface area contributed by atoms with Crippen molar-refractivity contribution in [3.05, 3.63) is 53.6 Å². The van der Waals surface area contributed by atoms with Gasteiger partial charge in [-0.3, -0.25) is 5.43 Å². The standard InChI is InChI=1S/C17H24N2O2/c1-13-7-3-4-8-15(13)11-18-19-14(2)21-12-16-9-5-6-10-17(16)20/h3-6,8-10,13-14,18-20H,7,11-12H2,1-2H3/t13-,14-/m0/s1. The van der Waals surface area contributed by atoms with Crippen LogP contribution in [-0.2, 0) is 11.3 Å². The first-order chi connectivity index (χ1) is 10.2. The maximum absolute atomic E-state index is 9.67. The Morgan fingerprint density at radius 2 is 2.19 bits per heavy atom. The molecule has 0 saturated carbocycles. The van der Waals surface area contributed by atoms with Crippen LogP contribution in [0.2, 0.25) is 0 Å². The van der Waals surface area contributed by atoms with Gasteiger partial charge in [-0.25, -0.2) is 5.43 Å². The molecule has 1 aliphatic rings. The van der Waals surface area contributed by atoms with E-state index in [0.29, 0.717) is 12.5 Å². The van der Waals surface area contributed by atoms with E-state index in [9.17, 15) is 5.11 Å². The molecule has 4 heteroatoms. The zero-order valence-electron chi connectivity index (χ0n) is 12.7. The van der Waals surface area contributed by atoms with Crippen molar-refractivity contribution in [3.63, 3.8) is 0 Å². The number of allylic oxidation sites excluding steroid dienone is 3. The van der Waals surface area contributed by atoms with E-state index in [1.807, 2.05) is 19.1 Å². The fraction of sp³-hybridized carbons (Fsp3) is 0.412. The van der Waals surface area contributed by atoms with Gasteiger partial charge in [0.05, 0.1) is 6.61 Å². The van der Waals surface area contributed by atoms with Crippen molar-refractivity contribution in [2.45, 2.75) is 33.1 Å². The van der Waals surface area contributed by atoms with Gasteiger partial charge in [-0.15, -0.1) is 0 Å². The second kappa shape index (κ2) is 7.98. The third kappa shape index (κ3) is 5.01. The Balaban J connectivity index is 1.68. The highest BCUT2D eigenvalue weighted by Gasteiger charge is 2.10. The summed E-state index contributed by atoms with van der Waals surface area (Å²) in [6.45, 7) is 5.35. The minimum absolute atomic E-state index is 0.139. The number of aromatic hydroxyl groups is 1. The van der Waals surface area contributed by atoms with Crippen molar-refractivity contribution in [3.8, 4) is 5.75 Å². The van der Waals surface area contributed by atoms with Crippen LogP contribution >= 0.6 is 0 Å². The lowest BCUT2D eigenvalue weighted by atomic mass is 9.93. The van der Waals surface area contributed by atoms with Crippen molar-refractivity contribution in [2.75, 3.05) is 6.54 Å². The number of hydrogen-bond acceptors (Lipinski definition) is 4. The van der Waals surface area contributed by atoms with Gasteiger partial charge in [-0.1, -0.05) is 48.9 Å². The smallest absolute Gasteiger partial charge is 0.121 e. The Bertz CT molecular complexity index is 511. The number of ether oxygens (including phenoxy) is 1. The molecule has 0 fully saturated rings. The van der Waals surface area contributed by atoms with E-state index in [1.165, 1.54) is 5.57 Å². The van der Waals surface area contributed by atoms with Crippen molar-refractivity contribution >= 4 is 0 Å². The maximum Gasteiger partial charge on any atom is 0.121 e. The summed E-state index contributed by atoms with van der Waals surface area (Å²) in [7, 11) is 0. The van der Waals surface area contributed by atoms with E-state index in [-0.39, 0.29) is 12.0 Å². The predicted molar refractivity (Wildman–Crippen MR) is 84.5 cm³/mol. The minimum Gasteiger partial charge on any atom is -0.508 e. The summed E-state index contributed by atoms with van der Waals surface area (Å²) in [5.41, 5.74) is 8.50.